The van der Waals surface area contributed by atoms with Crippen molar-refractivity contribution in [3.8, 4) is 11.5 Å². The number of fused-ring (bicyclic) bond motifs is 5. The molecule has 0 radical (unpaired) electrons. The molecule has 0 aliphatic carbocycles. The maximum atomic E-state index is 14.1. The van der Waals surface area contributed by atoms with Crippen molar-refractivity contribution in [1.82, 2.24) is 10.3 Å². The summed E-state index contributed by atoms with van der Waals surface area (Å²) in [6.45, 7) is 0.416. The van der Waals surface area contributed by atoms with Gasteiger partial charge in [-0.05, 0) is 41.5 Å². The predicted molar refractivity (Wildman–Crippen MR) is 112 cm³/mol. The molecule has 3 aliphatic rings. The molecule has 1 amide bonds. The number of hydrogen-bond donors (Lipinski definition) is 2. The van der Waals surface area contributed by atoms with Gasteiger partial charge in [0.1, 0.15) is 17.0 Å². The summed E-state index contributed by atoms with van der Waals surface area (Å²) in [5, 5.41) is 3.36. The van der Waals surface area contributed by atoms with Gasteiger partial charge < -0.3 is 24.9 Å². The molecule has 3 aromatic rings. The standard InChI is InChI=1S/C23H19F3N4O4/c24-23(25,26)19-4-3-12(34-19)9-30-20-14(2-1-5-28-20)22(21(30)31)10-29-16(8-27)13-6-17-18(7-15(13)22)33-11-32-17/h1-7,16,29H,8-11,27H2. The number of nitrogens with one attached hydrogen (secondary N) is 1. The lowest BCUT2D eigenvalue weighted by Crippen LogP contribution is -2.53. The van der Waals surface area contributed by atoms with Crippen LogP contribution in [0.5, 0.6) is 11.5 Å². The summed E-state index contributed by atoms with van der Waals surface area (Å²) >= 11 is 0. The van der Waals surface area contributed by atoms with Crippen molar-refractivity contribution in [1.29, 1.82) is 0 Å². The van der Waals surface area contributed by atoms with Gasteiger partial charge in [0.25, 0.3) is 0 Å². The van der Waals surface area contributed by atoms with Crippen LogP contribution in [-0.2, 0) is 22.9 Å². The quantitative estimate of drug-likeness (QED) is 0.604. The van der Waals surface area contributed by atoms with Crippen molar-refractivity contribution in [3.63, 3.8) is 0 Å². The number of carbonyl (C=O) groups is 1. The molecule has 176 valence electrons. The molecule has 0 saturated heterocycles. The van der Waals surface area contributed by atoms with E-state index in [4.69, 9.17) is 19.6 Å². The summed E-state index contributed by atoms with van der Waals surface area (Å²) in [6, 6.07) is 9.03. The Labute approximate surface area is 191 Å². The van der Waals surface area contributed by atoms with Gasteiger partial charge in [-0.15, -0.1) is 0 Å². The summed E-state index contributed by atoms with van der Waals surface area (Å²) in [5.74, 6) is 0.0220. The summed E-state index contributed by atoms with van der Waals surface area (Å²) in [5.41, 5.74) is 7.00. The van der Waals surface area contributed by atoms with Gasteiger partial charge in [0.05, 0.1) is 6.54 Å². The van der Waals surface area contributed by atoms with Crippen LogP contribution in [0.2, 0.25) is 0 Å². The second-order valence-electron chi connectivity index (χ2n) is 8.40. The summed E-state index contributed by atoms with van der Waals surface area (Å²) < 4.78 is 55.2. The van der Waals surface area contributed by atoms with Gasteiger partial charge in [0.15, 0.2) is 11.5 Å². The van der Waals surface area contributed by atoms with E-state index in [0.29, 0.717) is 35.0 Å². The minimum Gasteiger partial charge on any atom is -0.455 e. The normalized spacial score (nSPS) is 22.9. The molecule has 8 nitrogen and oxygen atoms in total. The molecule has 3 aliphatic heterocycles. The molecule has 0 fully saturated rings. The van der Waals surface area contributed by atoms with E-state index in [-0.39, 0.29) is 37.6 Å². The number of rotatable bonds is 3. The van der Waals surface area contributed by atoms with Crippen LogP contribution in [0.1, 0.15) is 34.3 Å². The van der Waals surface area contributed by atoms with E-state index in [9.17, 15) is 18.0 Å². The Morgan fingerprint density at radius 1 is 1.18 bits per heavy atom. The molecule has 11 heteroatoms. The Bertz CT molecular complexity index is 1310. The van der Waals surface area contributed by atoms with Gasteiger partial charge >= 0.3 is 6.18 Å². The number of halogens is 3. The highest BCUT2D eigenvalue weighted by atomic mass is 19.4. The second-order valence-corrected chi connectivity index (χ2v) is 8.40. The first-order valence-electron chi connectivity index (χ1n) is 10.6. The maximum absolute atomic E-state index is 14.1. The van der Waals surface area contributed by atoms with Gasteiger partial charge in [-0.1, -0.05) is 6.07 Å². The van der Waals surface area contributed by atoms with Crippen LogP contribution >= 0.6 is 0 Å². The van der Waals surface area contributed by atoms with Gasteiger partial charge in [0.2, 0.25) is 18.5 Å². The van der Waals surface area contributed by atoms with Gasteiger partial charge in [-0.3, -0.25) is 9.69 Å². The van der Waals surface area contributed by atoms with Crippen molar-refractivity contribution in [2.24, 2.45) is 5.73 Å². The smallest absolute Gasteiger partial charge is 0.449 e. The molecular formula is C23H19F3N4O4. The van der Waals surface area contributed by atoms with Crippen molar-refractivity contribution in [2.75, 3.05) is 24.8 Å². The SMILES string of the molecule is NCC1NCC2(C(=O)N(Cc3ccc(C(F)(F)F)o3)c3ncccc32)c2cc3c(cc21)OCO3. The fraction of sp³-hybridized carbons (Fsp3) is 0.304. The monoisotopic (exact) mass is 472 g/mol. The molecule has 0 bridgehead atoms. The molecule has 2 aromatic heterocycles. The van der Waals surface area contributed by atoms with Crippen molar-refractivity contribution in [3.05, 3.63) is 70.8 Å². The summed E-state index contributed by atoms with van der Waals surface area (Å²) in [6.07, 6.45) is -3.07. The average molecular weight is 472 g/mol. The van der Waals surface area contributed by atoms with E-state index in [1.54, 1.807) is 18.3 Å². The number of benzene rings is 1. The van der Waals surface area contributed by atoms with Crippen LogP contribution in [0.25, 0.3) is 0 Å². The van der Waals surface area contributed by atoms with Gasteiger partial charge in [0, 0.05) is 30.9 Å². The number of ether oxygens (including phenoxy) is 2. The number of hydrogen-bond acceptors (Lipinski definition) is 7. The molecule has 5 heterocycles. The Hall–Kier alpha value is -3.57. The third-order valence-electron chi connectivity index (χ3n) is 6.60. The number of pyridine rings is 1. The lowest BCUT2D eigenvalue weighted by Gasteiger charge is -2.39. The molecule has 1 aromatic carbocycles. The minimum atomic E-state index is -4.61. The van der Waals surface area contributed by atoms with Crippen LogP contribution in [0, 0.1) is 0 Å². The van der Waals surface area contributed by atoms with E-state index in [1.807, 2.05) is 12.1 Å². The van der Waals surface area contributed by atoms with E-state index < -0.39 is 17.4 Å². The first kappa shape index (κ1) is 21.0. The second kappa shape index (κ2) is 7.21. The van der Waals surface area contributed by atoms with Crippen molar-refractivity contribution < 1.29 is 31.9 Å². The van der Waals surface area contributed by atoms with Gasteiger partial charge in [-0.25, -0.2) is 4.98 Å². The largest absolute Gasteiger partial charge is 0.455 e. The molecule has 6 rings (SSSR count). The molecule has 2 unspecified atom stereocenters. The number of amides is 1. The number of anilines is 1. The van der Waals surface area contributed by atoms with E-state index in [0.717, 1.165) is 11.6 Å². The number of alkyl halides is 3. The molecule has 34 heavy (non-hydrogen) atoms. The molecule has 2 atom stereocenters. The van der Waals surface area contributed by atoms with E-state index in [2.05, 4.69) is 10.3 Å². The highest BCUT2D eigenvalue weighted by molar-refractivity contribution is 6.10. The highest BCUT2D eigenvalue weighted by Crippen LogP contribution is 2.52. The fourth-order valence-corrected chi connectivity index (χ4v) is 5.04. The Kier molecular flexibility index (Phi) is 4.45. The number of nitrogens with two attached hydrogens (primary N) is 1. The zero-order chi connectivity index (χ0) is 23.7. The summed E-state index contributed by atoms with van der Waals surface area (Å²) in [7, 11) is 0. The first-order valence-corrected chi connectivity index (χ1v) is 10.6. The van der Waals surface area contributed by atoms with E-state index in [1.165, 1.54) is 11.0 Å². The van der Waals surface area contributed by atoms with Crippen molar-refractivity contribution in [2.45, 2.75) is 24.2 Å². The summed E-state index contributed by atoms with van der Waals surface area (Å²) in [4.78, 5) is 19.9. The fourth-order valence-electron chi connectivity index (χ4n) is 5.04. The van der Waals surface area contributed by atoms with Crippen LogP contribution < -0.4 is 25.4 Å². The zero-order valence-electron chi connectivity index (χ0n) is 17.7. The maximum Gasteiger partial charge on any atom is 0.449 e. The molecule has 0 saturated carbocycles. The van der Waals surface area contributed by atoms with Gasteiger partial charge in [-0.2, -0.15) is 13.2 Å². The Morgan fingerprint density at radius 3 is 2.71 bits per heavy atom. The first-order chi connectivity index (χ1) is 16.3. The van der Waals surface area contributed by atoms with Crippen molar-refractivity contribution >= 4 is 11.7 Å². The Morgan fingerprint density at radius 2 is 1.97 bits per heavy atom. The van der Waals surface area contributed by atoms with Crippen LogP contribution in [0.15, 0.2) is 47.0 Å². The van der Waals surface area contributed by atoms with Crippen LogP contribution in [0.4, 0.5) is 19.0 Å². The van der Waals surface area contributed by atoms with E-state index >= 15 is 0 Å². The lowest BCUT2D eigenvalue weighted by molar-refractivity contribution is -0.153. The zero-order valence-corrected chi connectivity index (χ0v) is 17.7. The minimum absolute atomic E-state index is 0.00356. The Balaban J connectivity index is 1.48. The van der Waals surface area contributed by atoms with Crippen LogP contribution in [-0.4, -0.2) is 30.8 Å². The third kappa shape index (κ3) is 2.86. The molecule has 3 N–H and O–H groups in total. The number of carbonyl (C=O) groups excluding carboxylic acids is 1. The lowest BCUT2D eigenvalue weighted by atomic mass is 9.70. The third-order valence-corrected chi connectivity index (χ3v) is 6.60. The number of nitrogens with zero attached hydrogens (tertiary/aromatic N) is 2. The molecule has 1 spiro atoms. The number of aromatic nitrogens is 1. The topological polar surface area (TPSA) is 103 Å². The average Bonchev–Trinajstić information content (AvgIpc) is 3.53. The number of furan rings is 1. The predicted octanol–water partition coefficient (Wildman–Crippen LogP) is 2.86. The molecular weight excluding hydrogens is 453 g/mol. The van der Waals surface area contributed by atoms with Crippen LogP contribution in [0.3, 0.4) is 0 Å². The highest BCUT2D eigenvalue weighted by Gasteiger charge is 2.56.